The van der Waals surface area contributed by atoms with Gasteiger partial charge in [-0.1, -0.05) is 6.07 Å². The molecular weight excluding hydrogens is 387 g/mol. The maximum atomic E-state index is 13.1. The molecule has 0 spiro atoms. The first kappa shape index (κ1) is 22.6. The highest BCUT2D eigenvalue weighted by Gasteiger charge is 2.32. The van der Waals surface area contributed by atoms with E-state index in [1.54, 1.807) is 6.21 Å². The van der Waals surface area contributed by atoms with Gasteiger partial charge in [0.2, 0.25) is 0 Å². The number of hydrazone groups is 1. The fourth-order valence-corrected chi connectivity index (χ4v) is 3.13. The third kappa shape index (κ3) is 6.15. The predicted octanol–water partition coefficient (Wildman–Crippen LogP) is 3.93. The molecule has 0 unspecified atom stereocenters. The fourth-order valence-electron chi connectivity index (χ4n) is 3.13. The standard InChI is InChI=1S/C20H24F3N3O3/c1-2-25-11-13(5-8-18(27)28)16-4-3-9-29-12-14-10-15(20(21,22)23)6-7-17(14)19(16)26-24/h6-7,10-11H,2-5,8-9,12,24H2,1H3,(H,27,28)/b16-13-,25-11?,26-19+. The quantitative estimate of drug-likeness (QED) is 0.436. The van der Waals surface area contributed by atoms with Crippen LogP contribution in [0.1, 0.15) is 49.3 Å². The molecule has 9 heteroatoms. The number of hydrogen-bond donors (Lipinski definition) is 2. The van der Waals surface area contributed by atoms with E-state index >= 15 is 0 Å². The van der Waals surface area contributed by atoms with E-state index in [-0.39, 0.29) is 19.4 Å². The molecule has 0 saturated heterocycles. The van der Waals surface area contributed by atoms with Gasteiger partial charge in [-0.25, -0.2) is 0 Å². The SMILES string of the molecule is CCN=C/C(CCC(=O)O)=C1/CCCOCc2cc(C(F)(F)F)ccc2/C1=N/N. The lowest BCUT2D eigenvalue weighted by Crippen LogP contribution is -2.15. The van der Waals surface area contributed by atoms with Crippen molar-refractivity contribution in [3.05, 3.63) is 46.0 Å². The minimum absolute atomic E-state index is 0.000931. The number of fused-ring (bicyclic) bond motifs is 1. The van der Waals surface area contributed by atoms with Crippen molar-refractivity contribution in [2.24, 2.45) is 15.9 Å². The van der Waals surface area contributed by atoms with Crippen LogP contribution >= 0.6 is 0 Å². The van der Waals surface area contributed by atoms with Gasteiger partial charge in [0, 0.05) is 31.4 Å². The second-order valence-electron chi connectivity index (χ2n) is 6.53. The number of halogens is 3. The van der Waals surface area contributed by atoms with Gasteiger partial charge < -0.3 is 15.7 Å². The van der Waals surface area contributed by atoms with Gasteiger partial charge >= 0.3 is 12.1 Å². The molecule has 3 N–H and O–H groups in total. The minimum Gasteiger partial charge on any atom is -0.481 e. The lowest BCUT2D eigenvalue weighted by atomic mass is 9.89. The number of allylic oxidation sites excluding steroid dienone is 2. The molecule has 1 aliphatic rings. The number of carboxylic acids is 1. The average Bonchev–Trinajstić information content (AvgIpc) is 2.75. The van der Waals surface area contributed by atoms with Crippen LogP contribution in [0.15, 0.2) is 39.4 Å². The van der Waals surface area contributed by atoms with Crippen molar-refractivity contribution in [3.63, 3.8) is 0 Å². The first-order chi connectivity index (χ1) is 13.8. The van der Waals surface area contributed by atoms with Gasteiger partial charge in [-0.15, -0.1) is 0 Å². The van der Waals surface area contributed by atoms with Crippen LogP contribution in [-0.4, -0.2) is 36.2 Å². The van der Waals surface area contributed by atoms with Crippen molar-refractivity contribution in [2.75, 3.05) is 13.2 Å². The molecule has 2 rings (SSSR count). The molecule has 6 nitrogen and oxygen atoms in total. The van der Waals surface area contributed by atoms with Gasteiger partial charge in [0.25, 0.3) is 0 Å². The van der Waals surface area contributed by atoms with Crippen molar-refractivity contribution in [1.82, 2.24) is 0 Å². The van der Waals surface area contributed by atoms with Crippen LogP contribution in [0.3, 0.4) is 0 Å². The summed E-state index contributed by atoms with van der Waals surface area (Å²) in [5, 5.41) is 12.9. The molecule has 0 atom stereocenters. The van der Waals surface area contributed by atoms with E-state index < -0.39 is 17.7 Å². The number of benzene rings is 1. The summed E-state index contributed by atoms with van der Waals surface area (Å²) in [4.78, 5) is 15.3. The molecule has 0 amide bonds. The normalized spacial score (nSPS) is 18.8. The third-order valence-corrected chi connectivity index (χ3v) is 4.50. The summed E-state index contributed by atoms with van der Waals surface area (Å²) in [5.74, 6) is 4.70. The molecule has 29 heavy (non-hydrogen) atoms. The first-order valence-corrected chi connectivity index (χ1v) is 9.28. The molecule has 158 valence electrons. The molecule has 0 radical (unpaired) electrons. The van der Waals surface area contributed by atoms with E-state index in [9.17, 15) is 18.0 Å². The smallest absolute Gasteiger partial charge is 0.416 e. The number of nitrogens with zero attached hydrogens (tertiary/aromatic N) is 2. The zero-order valence-electron chi connectivity index (χ0n) is 16.1. The highest BCUT2D eigenvalue weighted by atomic mass is 19.4. The predicted molar refractivity (Wildman–Crippen MR) is 104 cm³/mol. The van der Waals surface area contributed by atoms with Gasteiger partial charge in [0.05, 0.1) is 17.9 Å². The summed E-state index contributed by atoms with van der Waals surface area (Å²) in [6.07, 6.45) is -1.70. The molecule has 1 aromatic rings. The third-order valence-electron chi connectivity index (χ3n) is 4.50. The largest absolute Gasteiger partial charge is 0.481 e. The Hall–Kier alpha value is -2.68. The lowest BCUT2D eigenvalue weighted by Gasteiger charge is -2.17. The summed E-state index contributed by atoms with van der Waals surface area (Å²) >= 11 is 0. The summed E-state index contributed by atoms with van der Waals surface area (Å²) < 4.78 is 45.0. The molecule has 0 aliphatic carbocycles. The Kier molecular flexibility index (Phi) is 7.95. The van der Waals surface area contributed by atoms with Crippen LogP contribution in [0, 0.1) is 0 Å². The average molecular weight is 411 g/mol. The summed E-state index contributed by atoms with van der Waals surface area (Å²) in [5.41, 5.74) is 1.66. The molecule has 0 aromatic heterocycles. The molecular formula is C20H24F3N3O3. The zero-order chi connectivity index (χ0) is 21.4. The summed E-state index contributed by atoms with van der Waals surface area (Å²) in [7, 11) is 0. The number of carboxylic acid groups (broad SMARTS) is 1. The van der Waals surface area contributed by atoms with Crippen LogP contribution in [0.4, 0.5) is 13.2 Å². The van der Waals surface area contributed by atoms with Gasteiger partial charge in [-0.2, -0.15) is 18.3 Å². The zero-order valence-corrected chi connectivity index (χ0v) is 16.1. The Morgan fingerprint density at radius 3 is 2.72 bits per heavy atom. The highest BCUT2D eigenvalue weighted by molar-refractivity contribution is 6.16. The van der Waals surface area contributed by atoms with Gasteiger partial charge in [0.1, 0.15) is 0 Å². The first-order valence-electron chi connectivity index (χ1n) is 9.28. The minimum atomic E-state index is -4.48. The van der Waals surface area contributed by atoms with Crippen LogP contribution in [0.2, 0.25) is 0 Å². The lowest BCUT2D eigenvalue weighted by molar-refractivity contribution is -0.138. The Morgan fingerprint density at radius 2 is 2.10 bits per heavy atom. The summed E-state index contributed by atoms with van der Waals surface area (Å²) in [6, 6.07) is 3.36. The highest BCUT2D eigenvalue weighted by Crippen LogP contribution is 2.33. The topological polar surface area (TPSA) is 97.3 Å². The number of carbonyl (C=O) groups is 1. The molecule has 1 heterocycles. The molecule has 0 bridgehead atoms. The summed E-state index contributed by atoms with van der Waals surface area (Å²) in [6.45, 7) is 2.69. The van der Waals surface area contributed by atoms with Gasteiger partial charge in [-0.05, 0) is 55.0 Å². The second-order valence-corrected chi connectivity index (χ2v) is 6.53. The second kappa shape index (κ2) is 10.2. The fraction of sp³-hybridized carbons (Fsp3) is 0.450. The van der Waals surface area contributed by atoms with Crippen LogP contribution in [0.25, 0.3) is 0 Å². The van der Waals surface area contributed by atoms with Crippen molar-refractivity contribution in [2.45, 2.75) is 45.4 Å². The number of aliphatic carboxylic acids is 1. The van der Waals surface area contributed by atoms with E-state index in [0.717, 1.165) is 12.1 Å². The number of hydrogen-bond acceptors (Lipinski definition) is 5. The van der Waals surface area contributed by atoms with Gasteiger partial charge in [0.15, 0.2) is 0 Å². The number of ether oxygens (including phenoxy) is 1. The number of nitrogens with two attached hydrogens (primary N) is 1. The van der Waals surface area contributed by atoms with Crippen LogP contribution in [0.5, 0.6) is 0 Å². The number of rotatable bonds is 5. The Morgan fingerprint density at radius 1 is 1.34 bits per heavy atom. The maximum absolute atomic E-state index is 13.1. The Balaban J connectivity index is 2.63. The van der Waals surface area contributed by atoms with E-state index in [0.29, 0.717) is 54.0 Å². The Bertz CT molecular complexity index is 830. The molecule has 0 fully saturated rings. The Labute approximate surface area is 167 Å². The number of alkyl halides is 3. The maximum Gasteiger partial charge on any atom is 0.416 e. The van der Waals surface area contributed by atoms with E-state index in [4.69, 9.17) is 15.7 Å². The van der Waals surface area contributed by atoms with Crippen molar-refractivity contribution >= 4 is 17.9 Å². The van der Waals surface area contributed by atoms with E-state index in [2.05, 4.69) is 10.1 Å². The molecule has 0 saturated carbocycles. The van der Waals surface area contributed by atoms with Crippen molar-refractivity contribution in [1.29, 1.82) is 0 Å². The monoisotopic (exact) mass is 411 g/mol. The van der Waals surface area contributed by atoms with Crippen molar-refractivity contribution in [3.8, 4) is 0 Å². The number of aliphatic imine (C=N–C) groups is 1. The molecule has 1 aromatic carbocycles. The molecule has 1 aliphatic heterocycles. The van der Waals surface area contributed by atoms with Gasteiger partial charge in [-0.3, -0.25) is 9.79 Å². The van der Waals surface area contributed by atoms with E-state index in [1.807, 2.05) is 6.92 Å². The van der Waals surface area contributed by atoms with E-state index in [1.165, 1.54) is 6.07 Å². The van der Waals surface area contributed by atoms with Crippen molar-refractivity contribution < 1.29 is 27.8 Å². The van der Waals surface area contributed by atoms with Crippen LogP contribution < -0.4 is 5.84 Å². The van der Waals surface area contributed by atoms with Crippen LogP contribution in [-0.2, 0) is 22.3 Å².